The van der Waals surface area contributed by atoms with Crippen molar-refractivity contribution in [2.45, 2.75) is 25.4 Å². The molecule has 1 aliphatic carbocycles. The molecule has 0 heterocycles. The molecule has 1 saturated carbocycles. The van der Waals surface area contributed by atoms with Crippen molar-refractivity contribution >= 4 is 11.6 Å². The zero-order chi connectivity index (χ0) is 16.9. The van der Waals surface area contributed by atoms with Gasteiger partial charge in [-0.2, -0.15) is 5.26 Å². The largest absolute Gasteiger partial charge is 0.324 e. The number of hydrogen-bond acceptors (Lipinski definition) is 3. The molecule has 5 heteroatoms. The second-order valence-electron chi connectivity index (χ2n) is 5.97. The van der Waals surface area contributed by atoms with Gasteiger partial charge in [0, 0.05) is 12.6 Å². The topological polar surface area (TPSA) is 56.1 Å². The van der Waals surface area contributed by atoms with Crippen LogP contribution in [0.1, 0.15) is 24.0 Å². The molecule has 2 aromatic rings. The maximum Gasteiger partial charge on any atom is 0.238 e. The standard InChI is InChI=1S/C19H18FN3O/c20-16-7-5-14(6-8-16)12-23(17-9-10-17)13-19(24)22-18-4-2-1-3-15(18)11-21/h1-8,17H,9-10,12-13H2,(H,22,24). The number of benzene rings is 2. The minimum Gasteiger partial charge on any atom is -0.324 e. The number of anilines is 1. The predicted molar refractivity (Wildman–Crippen MR) is 89.6 cm³/mol. The van der Waals surface area contributed by atoms with E-state index in [-0.39, 0.29) is 18.3 Å². The first-order chi connectivity index (χ1) is 11.7. The van der Waals surface area contributed by atoms with Crippen molar-refractivity contribution in [3.63, 3.8) is 0 Å². The van der Waals surface area contributed by atoms with E-state index in [9.17, 15) is 9.18 Å². The fraction of sp³-hybridized carbons (Fsp3) is 0.263. The smallest absolute Gasteiger partial charge is 0.238 e. The quantitative estimate of drug-likeness (QED) is 0.887. The molecule has 0 radical (unpaired) electrons. The van der Waals surface area contributed by atoms with Gasteiger partial charge in [0.25, 0.3) is 0 Å². The predicted octanol–water partition coefficient (Wildman–Crippen LogP) is 3.30. The van der Waals surface area contributed by atoms with E-state index in [0.29, 0.717) is 23.8 Å². The van der Waals surface area contributed by atoms with Crippen molar-refractivity contribution in [3.8, 4) is 6.07 Å². The molecule has 0 saturated heterocycles. The Labute approximate surface area is 140 Å². The number of nitriles is 1. The van der Waals surface area contributed by atoms with Gasteiger partial charge >= 0.3 is 0 Å². The highest BCUT2D eigenvalue weighted by Gasteiger charge is 2.30. The lowest BCUT2D eigenvalue weighted by Crippen LogP contribution is -2.34. The second kappa shape index (κ2) is 7.24. The van der Waals surface area contributed by atoms with Gasteiger partial charge in [0.05, 0.1) is 17.8 Å². The lowest BCUT2D eigenvalue weighted by atomic mass is 10.2. The van der Waals surface area contributed by atoms with Crippen molar-refractivity contribution in [2.75, 3.05) is 11.9 Å². The van der Waals surface area contributed by atoms with Crippen LogP contribution >= 0.6 is 0 Å². The Morgan fingerprint density at radius 3 is 2.58 bits per heavy atom. The Morgan fingerprint density at radius 1 is 1.21 bits per heavy atom. The van der Waals surface area contributed by atoms with E-state index in [1.165, 1.54) is 12.1 Å². The van der Waals surface area contributed by atoms with Crippen LogP contribution in [0.25, 0.3) is 0 Å². The monoisotopic (exact) mass is 323 g/mol. The third kappa shape index (κ3) is 4.18. The molecule has 1 aliphatic rings. The number of para-hydroxylation sites is 1. The number of halogens is 1. The molecule has 0 aliphatic heterocycles. The van der Waals surface area contributed by atoms with E-state index >= 15 is 0 Å². The first-order valence-electron chi connectivity index (χ1n) is 7.93. The van der Waals surface area contributed by atoms with Crippen LogP contribution in [0.3, 0.4) is 0 Å². The van der Waals surface area contributed by atoms with Crippen LogP contribution in [0.15, 0.2) is 48.5 Å². The summed E-state index contributed by atoms with van der Waals surface area (Å²) in [7, 11) is 0. The fourth-order valence-electron chi connectivity index (χ4n) is 2.64. The minimum atomic E-state index is -0.262. The zero-order valence-electron chi connectivity index (χ0n) is 13.2. The summed E-state index contributed by atoms with van der Waals surface area (Å²) in [6.07, 6.45) is 2.15. The lowest BCUT2D eigenvalue weighted by molar-refractivity contribution is -0.117. The van der Waals surface area contributed by atoms with Crippen LogP contribution in [0.4, 0.5) is 10.1 Å². The summed E-state index contributed by atoms with van der Waals surface area (Å²) in [4.78, 5) is 14.4. The Hall–Kier alpha value is -2.71. The molecule has 24 heavy (non-hydrogen) atoms. The molecular weight excluding hydrogens is 305 g/mol. The van der Waals surface area contributed by atoms with Crippen LogP contribution in [0.2, 0.25) is 0 Å². The van der Waals surface area contributed by atoms with Gasteiger partial charge in [-0.25, -0.2) is 4.39 Å². The average molecular weight is 323 g/mol. The fourth-order valence-corrected chi connectivity index (χ4v) is 2.64. The first kappa shape index (κ1) is 16.2. The van der Waals surface area contributed by atoms with Gasteiger partial charge in [-0.05, 0) is 42.7 Å². The van der Waals surface area contributed by atoms with Crippen molar-refractivity contribution in [2.24, 2.45) is 0 Å². The summed E-state index contributed by atoms with van der Waals surface area (Å²) < 4.78 is 13.0. The number of carbonyl (C=O) groups is 1. The van der Waals surface area contributed by atoms with Gasteiger partial charge in [0.1, 0.15) is 11.9 Å². The minimum absolute atomic E-state index is 0.147. The molecule has 3 rings (SSSR count). The number of amides is 1. The number of nitrogens with one attached hydrogen (secondary N) is 1. The second-order valence-corrected chi connectivity index (χ2v) is 5.97. The van der Waals surface area contributed by atoms with Crippen molar-refractivity contribution in [1.29, 1.82) is 5.26 Å². The highest BCUT2D eigenvalue weighted by molar-refractivity contribution is 5.93. The van der Waals surface area contributed by atoms with E-state index in [4.69, 9.17) is 5.26 Å². The molecule has 122 valence electrons. The molecule has 2 aromatic carbocycles. The van der Waals surface area contributed by atoms with E-state index in [2.05, 4.69) is 16.3 Å². The van der Waals surface area contributed by atoms with Crippen LogP contribution < -0.4 is 5.32 Å². The molecule has 0 aromatic heterocycles. The Morgan fingerprint density at radius 2 is 1.92 bits per heavy atom. The third-order valence-corrected chi connectivity index (χ3v) is 4.03. The van der Waals surface area contributed by atoms with Gasteiger partial charge < -0.3 is 5.32 Å². The lowest BCUT2D eigenvalue weighted by Gasteiger charge is -2.21. The van der Waals surface area contributed by atoms with Gasteiger partial charge in [0.2, 0.25) is 5.91 Å². The molecule has 1 fully saturated rings. The summed E-state index contributed by atoms with van der Waals surface area (Å²) in [5, 5.41) is 11.9. The summed E-state index contributed by atoms with van der Waals surface area (Å²) in [5.41, 5.74) is 1.96. The van der Waals surface area contributed by atoms with Gasteiger partial charge in [0.15, 0.2) is 0 Å². The zero-order valence-corrected chi connectivity index (χ0v) is 13.2. The highest BCUT2D eigenvalue weighted by atomic mass is 19.1. The van der Waals surface area contributed by atoms with Gasteiger partial charge in [-0.3, -0.25) is 9.69 Å². The Bertz CT molecular complexity index is 763. The van der Waals surface area contributed by atoms with Crippen LogP contribution in [-0.4, -0.2) is 23.4 Å². The van der Waals surface area contributed by atoms with Crippen molar-refractivity contribution in [1.82, 2.24) is 4.90 Å². The first-order valence-corrected chi connectivity index (χ1v) is 7.93. The SMILES string of the molecule is N#Cc1ccccc1NC(=O)CN(Cc1ccc(F)cc1)C1CC1. The number of nitrogens with zero attached hydrogens (tertiary/aromatic N) is 2. The third-order valence-electron chi connectivity index (χ3n) is 4.03. The summed E-state index contributed by atoms with van der Waals surface area (Å²) in [6.45, 7) is 0.861. The summed E-state index contributed by atoms with van der Waals surface area (Å²) in [6, 6.07) is 15.8. The van der Waals surface area contributed by atoms with Crippen molar-refractivity contribution in [3.05, 3.63) is 65.5 Å². The molecular formula is C19H18FN3O. The molecule has 0 bridgehead atoms. The number of carbonyl (C=O) groups excluding carboxylic acids is 1. The highest BCUT2D eigenvalue weighted by Crippen LogP contribution is 2.28. The van der Waals surface area contributed by atoms with Gasteiger partial charge in [-0.1, -0.05) is 24.3 Å². The molecule has 0 unspecified atom stereocenters. The molecule has 0 spiro atoms. The molecule has 1 N–H and O–H groups in total. The molecule has 1 amide bonds. The van der Waals surface area contributed by atoms with Crippen LogP contribution in [0, 0.1) is 17.1 Å². The van der Waals surface area contributed by atoms with E-state index in [1.807, 2.05) is 0 Å². The Balaban J connectivity index is 1.64. The van der Waals surface area contributed by atoms with Crippen LogP contribution in [-0.2, 0) is 11.3 Å². The average Bonchev–Trinajstić information content (AvgIpc) is 3.42. The van der Waals surface area contributed by atoms with Crippen LogP contribution in [0.5, 0.6) is 0 Å². The summed E-state index contributed by atoms with van der Waals surface area (Å²) >= 11 is 0. The maximum atomic E-state index is 13.0. The maximum absolute atomic E-state index is 13.0. The number of hydrogen-bond donors (Lipinski definition) is 1. The Kier molecular flexibility index (Phi) is 4.88. The summed E-state index contributed by atoms with van der Waals surface area (Å²) in [5.74, 6) is -0.408. The van der Waals surface area contributed by atoms with Crippen molar-refractivity contribution < 1.29 is 9.18 Å². The molecule has 0 atom stereocenters. The van der Waals surface area contributed by atoms with Gasteiger partial charge in [-0.15, -0.1) is 0 Å². The van der Waals surface area contributed by atoms with E-state index in [0.717, 1.165) is 18.4 Å². The number of rotatable bonds is 6. The van der Waals surface area contributed by atoms with E-state index in [1.54, 1.807) is 36.4 Å². The van der Waals surface area contributed by atoms with E-state index < -0.39 is 0 Å². The molecule has 4 nitrogen and oxygen atoms in total. The normalized spacial score (nSPS) is 13.5.